The second-order valence-electron chi connectivity index (χ2n) is 15.8. The summed E-state index contributed by atoms with van der Waals surface area (Å²) in [6.45, 7) is 19.0. The molecule has 5 fully saturated rings. The Bertz CT molecular complexity index is 1390. The van der Waals surface area contributed by atoms with Crippen molar-refractivity contribution < 1.29 is 19.2 Å². The van der Waals surface area contributed by atoms with Gasteiger partial charge >= 0.3 is 0 Å². The fraction of sp³-hybridized carbons (Fsp3) is 0.632. The minimum Gasteiger partial charge on any atom is -0.297 e. The molecule has 0 aromatic heterocycles. The molecule has 226 valence electrons. The first-order valence-corrected chi connectivity index (χ1v) is 16.1. The van der Waals surface area contributed by atoms with Gasteiger partial charge in [-0.1, -0.05) is 95.2 Å². The fourth-order valence-electron chi connectivity index (χ4n) is 10.2. The minimum atomic E-state index is -1.87. The molecule has 0 saturated heterocycles. The Morgan fingerprint density at radius 3 is 2.14 bits per heavy atom. The molecule has 0 amide bonds. The molecule has 1 aromatic carbocycles. The van der Waals surface area contributed by atoms with E-state index in [0.717, 1.165) is 18.4 Å². The van der Waals surface area contributed by atoms with Gasteiger partial charge in [-0.25, -0.2) is 0 Å². The largest absolute Gasteiger partial charge is 0.297 e. The zero-order valence-corrected chi connectivity index (χ0v) is 27.2. The van der Waals surface area contributed by atoms with E-state index in [1.807, 2.05) is 19.9 Å². The number of benzene rings is 1. The number of carbonyl (C=O) groups excluding carboxylic acids is 4. The SMILES string of the molecule is CC(C)=CCC/C(C)=C/C[C@]12C[C@H]3C[C@H]4C(C[C@H](C(C)C)C4(C)C)(C(=O)C(C(=O)c4ccccc4)(C1=O)C3(C)C)C2=O. The second kappa shape index (κ2) is 9.96. The van der Waals surface area contributed by atoms with Crippen LogP contribution in [0.2, 0.25) is 0 Å². The molecule has 1 spiro atoms. The third-order valence-corrected chi connectivity index (χ3v) is 12.5. The summed E-state index contributed by atoms with van der Waals surface area (Å²) in [7, 11) is 0. The number of hydrogen-bond acceptors (Lipinski definition) is 4. The molecule has 4 heteroatoms. The summed E-state index contributed by atoms with van der Waals surface area (Å²) in [6, 6.07) is 8.86. The Balaban J connectivity index is 1.77. The predicted octanol–water partition coefficient (Wildman–Crippen LogP) is 8.40. The van der Waals surface area contributed by atoms with Crippen LogP contribution in [0, 0.1) is 50.7 Å². The summed E-state index contributed by atoms with van der Waals surface area (Å²) in [5, 5.41) is 0. The summed E-state index contributed by atoms with van der Waals surface area (Å²) in [5.74, 6) is -1.26. The second-order valence-corrected chi connectivity index (χ2v) is 15.8. The van der Waals surface area contributed by atoms with Gasteiger partial charge < -0.3 is 0 Å². The van der Waals surface area contributed by atoms with E-state index in [4.69, 9.17) is 0 Å². The predicted molar refractivity (Wildman–Crippen MR) is 167 cm³/mol. The third-order valence-electron chi connectivity index (χ3n) is 12.5. The van der Waals surface area contributed by atoms with Gasteiger partial charge in [0.1, 0.15) is 0 Å². The van der Waals surface area contributed by atoms with Crippen molar-refractivity contribution >= 4 is 23.1 Å². The van der Waals surface area contributed by atoms with Gasteiger partial charge in [0.2, 0.25) is 0 Å². The van der Waals surface area contributed by atoms with Crippen molar-refractivity contribution in [1.82, 2.24) is 0 Å². The molecule has 5 saturated carbocycles. The van der Waals surface area contributed by atoms with Crippen molar-refractivity contribution in [3.63, 3.8) is 0 Å². The average Bonchev–Trinajstić information content (AvgIpc) is 3.07. The number of carbonyl (C=O) groups is 4. The highest BCUT2D eigenvalue weighted by molar-refractivity contribution is 6.42. The fourth-order valence-corrected chi connectivity index (χ4v) is 10.2. The van der Waals surface area contributed by atoms with Crippen LogP contribution in [0.15, 0.2) is 53.6 Å². The summed E-state index contributed by atoms with van der Waals surface area (Å²) in [6.07, 6.45) is 7.86. The Morgan fingerprint density at radius 1 is 0.905 bits per heavy atom. The van der Waals surface area contributed by atoms with Crippen LogP contribution >= 0.6 is 0 Å². The van der Waals surface area contributed by atoms with Crippen molar-refractivity contribution in [3.8, 4) is 0 Å². The van der Waals surface area contributed by atoms with Crippen LogP contribution in [0.3, 0.4) is 0 Å². The van der Waals surface area contributed by atoms with Gasteiger partial charge in [0.05, 0.1) is 10.8 Å². The molecule has 2 unspecified atom stereocenters. The lowest BCUT2D eigenvalue weighted by molar-refractivity contribution is -0.181. The smallest absolute Gasteiger partial charge is 0.184 e. The highest BCUT2D eigenvalue weighted by Gasteiger charge is 2.86. The molecule has 5 aliphatic carbocycles. The molecule has 6 atom stereocenters. The minimum absolute atomic E-state index is 0.102. The Labute approximate surface area is 252 Å². The lowest BCUT2D eigenvalue weighted by Gasteiger charge is -2.60. The van der Waals surface area contributed by atoms with Gasteiger partial charge in [0.15, 0.2) is 28.5 Å². The highest BCUT2D eigenvalue weighted by atomic mass is 16.2. The summed E-state index contributed by atoms with van der Waals surface area (Å²) >= 11 is 0. The van der Waals surface area contributed by atoms with Gasteiger partial charge in [-0.3, -0.25) is 19.2 Å². The highest BCUT2D eigenvalue weighted by Crippen LogP contribution is 2.77. The average molecular weight is 571 g/mol. The zero-order valence-electron chi connectivity index (χ0n) is 27.2. The van der Waals surface area contributed by atoms with Gasteiger partial charge in [0, 0.05) is 5.56 Å². The van der Waals surface area contributed by atoms with Gasteiger partial charge in [-0.15, -0.1) is 0 Å². The number of hydrogen-bond donors (Lipinski definition) is 0. The molecule has 1 aromatic rings. The quantitative estimate of drug-likeness (QED) is 0.179. The summed E-state index contributed by atoms with van der Waals surface area (Å²) in [4.78, 5) is 60.7. The van der Waals surface area contributed by atoms with Gasteiger partial charge in [-0.05, 0) is 93.8 Å². The van der Waals surface area contributed by atoms with Crippen molar-refractivity contribution in [3.05, 3.63) is 59.2 Å². The molecule has 0 aliphatic heterocycles. The normalized spacial score (nSPS) is 36.3. The Kier molecular flexibility index (Phi) is 7.31. The maximum atomic E-state index is 15.4. The van der Waals surface area contributed by atoms with Crippen LogP contribution in [0.1, 0.15) is 111 Å². The van der Waals surface area contributed by atoms with Crippen LogP contribution in [0.25, 0.3) is 0 Å². The Hall–Kier alpha value is -2.62. The van der Waals surface area contributed by atoms with E-state index in [0.29, 0.717) is 24.8 Å². The molecule has 42 heavy (non-hydrogen) atoms. The van der Waals surface area contributed by atoms with Crippen molar-refractivity contribution in [1.29, 1.82) is 0 Å². The van der Waals surface area contributed by atoms with Crippen LogP contribution in [0.4, 0.5) is 0 Å². The Morgan fingerprint density at radius 2 is 1.55 bits per heavy atom. The van der Waals surface area contributed by atoms with Gasteiger partial charge in [0.25, 0.3) is 0 Å². The van der Waals surface area contributed by atoms with Crippen molar-refractivity contribution in [2.45, 2.75) is 101 Å². The molecular weight excluding hydrogens is 520 g/mol. The number of Topliss-reactive ketones (excluding diaryl/α,β-unsaturated/α-hetero) is 4. The van der Waals surface area contributed by atoms with Crippen molar-refractivity contribution in [2.75, 3.05) is 0 Å². The molecule has 0 radical (unpaired) electrons. The maximum absolute atomic E-state index is 15.4. The molecular formula is C38H50O4. The van der Waals surface area contributed by atoms with E-state index in [-0.39, 0.29) is 47.1 Å². The lowest BCUT2D eigenvalue weighted by Crippen LogP contribution is -2.75. The molecule has 5 aliphatic rings. The first-order valence-electron chi connectivity index (χ1n) is 16.1. The van der Waals surface area contributed by atoms with E-state index >= 15 is 14.4 Å². The standard InChI is InChI=1S/C38H50O4/c1-23(2)14-13-15-25(5)18-19-36-21-27-20-29-34(6,7)28(24(3)4)22-37(29,31(36)40)33(42)38(32(36)41,35(27,8)9)30(39)26-16-11-10-12-17-26/h10-12,14,16-18,24,27-29H,13,15,19-22H2,1-9H3/b25-18+/t27-,28-,29-,36-,37?,38?/m1/s1. The maximum Gasteiger partial charge on any atom is 0.184 e. The lowest BCUT2D eigenvalue weighted by atomic mass is 9.37. The van der Waals surface area contributed by atoms with E-state index in [1.54, 1.807) is 24.3 Å². The first-order chi connectivity index (χ1) is 19.5. The zero-order chi connectivity index (χ0) is 31.0. The van der Waals surface area contributed by atoms with Crippen molar-refractivity contribution in [2.24, 2.45) is 50.7 Å². The first kappa shape index (κ1) is 30.8. The van der Waals surface area contributed by atoms with E-state index < -0.39 is 33.2 Å². The molecule has 4 bridgehead atoms. The van der Waals surface area contributed by atoms with Crippen LogP contribution in [-0.4, -0.2) is 23.1 Å². The number of ketones is 4. The van der Waals surface area contributed by atoms with E-state index in [1.165, 1.54) is 5.57 Å². The summed E-state index contributed by atoms with van der Waals surface area (Å²) < 4.78 is 0. The van der Waals surface area contributed by atoms with Crippen LogP contribution < -0.4 is 0 Å². The molecule has 4 nitrogen and oxygen atoms in total. The van der Waals surface area contributed by atoms with E-state index in [9.17, 15) is 4.79 Å². The third kappa shape index (κ3) is 3.78. The molecule has 0 heterocycles. The summed E-state index contributed by atoms with van der Waals surface area (Å²) in [5.41, 5.74) is -2.93. The molecule has 0 N–H and O–H groups in total. The number of allylic oxidation sites excluding steroid dienone is 4. The van der Waals surface area contributed by atoms with Gasteiger partial charge in [-0.2, -0.15) is 0 Å². The van der Waals surface area contributed by atoms with Crippen LogP contribution in [0.5, 0.6) is 0 Å². The topological polar surface area (TPSA) is 68.3 Å². The molecule has 6 rings (SSSR count). The number of rotatable bonds is 8. The monoisotopic (exact) mass is 570 g/mol. The van der Waals surface area contributed by atoms with Crippen LogP contribution in [-0.2, 0) is 14.4 Å². The van der Waals surface area contributed by atoms with E-state index in [2.05, 4.69) is 60.6 Å².